The third-order valence-corrected chi connectivity index (χ3v) is 3.77. The molecule has 0 radical (unpaired) electrons. The van der Waals surface area contributed by atoms with Crippen LogP contribution in [-0.4, -0.2) is 13.0 Å². The van der Waals surface area contributed by atoms with Crippen molar-refractivity contribution >= 4 is 16.9 Å². The molecule has 0 aliphatic heterocycles. The molecule has 0 aliphatic rings. The molecule has 0 fully saturated rings. The molecule has 1 N–H and O–H groups in total. The number of amides is 1. The Labute approximate surface area is 143 Å². The lowest BCUT2D eigenvalue weighted by Gasteiger charge is -2.06. The van der Waals surface area contributed by atoms with Crippen molar-refractivity contribution in [1.82, 2.24) is 5.32 Å². The summed E-state index contributed by atoms with van der Waals surface area (Å²) in [6, 6.07) is 12.6. The van der Waals surface area contributed by atoms with Gasteiger partial charge in [-0.15, -0.1) is 0 Å². The molecule has 0 unspecified atom stereocenters. The smallest absolute Gasteiger partial charge is 0.339 e. The van der Waals surface area contributed by atoms with Crippen molar-refractivity contribution < 1.29 is 18.3 Å². The van der Waals surface area contributed by atoms with Crippen molar-refractivity contribution in [1.29, 1.82) is 0 Å². The highest BCUT2D eigenvalue weighted by Crippen LogP contribution is 2.20. The van der Waals surface area contributed by atoms with Crippen LogP contribution in [0.15, 0.2) is 57.7 Å². The molecule has 5 nitrogen and oxygen atoms in total. The lowest BCUT2D eigenvalue weighted by molar-refractivity contribution is -0.120. The van der Waals surface area contributed by atoms with Crippen LogP contribution in [0.25, 0.3) is 11.0 Å². The number of nitrogens with one attached hydrogen (secondary N) is 1. The van der Waals surface area contributed by atoms with Gasteiger partial charge in [-0.2, -0.15) is 0 Å². The van der Waals surface area contributed by atoms with Gasteiger partial charge in [0.05, 0.1) is 13.5 Å². The summed E-state index contributed by atoms with van der Waals surface area (Å²) in [5.74, 6) is -0.0644. The molecule has 6 heteroatoms. The van der Waals surface area contributed by atoms with Crippen LogP contribution in [0.3, 0.4) is 0 Å². The van der Waals surface area contributed by atoms with Crippen LogP contribution >= 0.6 is 0 Å². The van der Waals surface area contributed by atoms with Crippen LogP contribution in [0.1, 0.15) is 11.1 Å². The molecule has 0 saturated carbocycles. The molecule has 0 saturated heterocycles. The highest BCUT2D eigenvalue weighted by atomic mass is 19.1. The fourth-order valence-electron chi connectivity index (χ4n) is 2.42. The van der Waals surface area contributed by atoms with Crippen LogP contribution in [0.5, 0.6) is 5.75 Å². The maximum absolute atomic E-state index is 12.9. The number of carbonyl (C=O) groups excluding carboxylic acids is 1. The minimum atomic E-state index is -0.558. The number of benzene rings is 2. The summed E-state index contributed by atoms with van der Waals surface area (Å²) < 4.78 is 23.2. The predicted octanol–water partition coefficient (Wildman–Crippen LogP) is 2.80. The number of ether oxygens (including phenoxy) is 1. The van der Waals surface area contributed by atoms with Crippen molar-refractivity contribution in [3.63, 3.8) is 0 Å². The molecule has 3 rings (SSSR count). The van der Waals surface area contributed by atoms with Crippen molar-refractivity contribution in [2.24, 2.45) is 0 Å². The first-order valence-corrected chi connectivity index (χ1v) is 7.67. The second-order valence-electron chi connectivity index (χ2n) is 5.54. The normalized spacial score (nSPS) is 10.6. The first-order valence-electron chi connectivity index (χ1n) is 7.67. The van der Waals surface area contributed by atoms with E-state index in [2.05, 4.69) is 5.32 Å². The third kappa shape index (κ3) is 4.03. The Bertz CT molecular complexity index is 963. The van der Waals surface area contributed by atoms with E-state index in [0.717, 1.165) is 5.56 Å². The van der Waals surface area contributed by atoms with E-state index in [1.165, 1.54) is 19.2 Å². The number of hydrogen-bond donors (Lipinski definition) is 1. The molecule has 1 aromatic heterocycles. The van der Waals surface area contributed by atoms with Gasteiger partial charge < -0.3 is 14.5 Å². The highest BCUT2D eigenvalue weighted by molar-refractivity contribution is 5.82. The third-order valence-electron chi connectivity index (χ3n) is 3.77. The fraction of sp³-hybridized carbons (Fsp3) is 0.158. The summed E-state index contributed by atoms with van der Waals surface area (Å²) in [6.07, 6.45) is -0.0918. The largest absolute Gasteiger partial charge is 0.497 e. The van der Waals surface area contributed by atoms with Crippen LogP contribution in [-0.2, 0) is 17.8 Å². The number of hydrogen-bond acceptors (Lipinski definition) is 4. The molecular formula is C19H16FNO4. The molecule has 0 spiro atoms. The number of methoxy groups -OCH3 is 1. The second kappa shape index (κ2) is 7.17. The van der Waals surface area contributed by atoms with E-state index >= 15 is 0 Å². The zero-order valence-electron chi connectivity index (χ0n) is 13.5. The molecule has 1 heterocycles. The van der Waals surface area contributed by atoms with Gasteiger partial charge in [0, 0.05) is 23.6 Å². The van der Waals surface area contributed by atoms with Crippen LogP contribution in [0, 0.1) is 5.82 Å². The summed E-state index contributed by atoms with van der Waals surface area (Å²) in [5, 5.41) is 3.41. The van der Waals surface area contributed by atoms with E-state index in [1.807, 2.05) is 0 Å². The van der Waals surface area contributed by atoms with Gasteiger partial charge in [0.2, 0.25) is 5.91 Å². The zero-order valence-corrected chi connectivity index (χ0v) is 13.5. The molecule has 25 heavy (non-hydrogen) atoms. The minimum absolute atomic E-state index is 0.0918. The van der Waals surface area contributed by atoms with Gasteiger partial charge in [-0.05, 0) is 35.9 Å². The van der Waals surface area contributed by atoms with Crippen LogP contribution in [0.4, 0.5) is 4.39 Å². The van der Waals surface area contributed by atoms with E-state index in [9.17, 15) is 14.0 Å². The van der Waals surface area contributed by atoms with Crippen LogP contribution < -0.4 is 15.7 Å². The molecule has 128 valence electrons. The van der Waals surface area contributed by atoms with Gasteiger partial charge >= 0.3 is 5.63 Å². The Morgan fingerprint density at radius 2 is 1.92 bits per heavy atom. The van der Waals surface area contributed by atoms with Gasteiger partial charge in [-0.1, -0.05) is 12.1 Å². The van der Waals surface area contributed by atoms with Crippen molar-refractivity contribution in [3.05, 3.63) is 75.9 Å². The quantitative estimate of drug-likeness (QED) is 0.725. The van der Waals surface area contributed by atoms with E-state index in [-0.39, 0.29) is 30.3 Å². The monoisotopic (exact) mass is 341 g/mol. The van der Waals surface area contributed by atoms with E-state index in [4.69, 9.17) is 9.15 Å². The lowest BCUT2D eigenvalue weighted by Crippen LogP contribution is -2.26. The number of carbonyl (C=O) groups is 1. The topological polar surface area (TPSA) is 68.5 Å². The predicted molar refractivity (Wildman–Crippen MR) is 91.0 cm³/mol. The van der Waals surface area contributed by atoms with Crippen molar-refractivity contribution in [2.45, 2.75) is 13.0 Å². The maximum atomic E-state index is 12.9. The molecule has 0 bridgehead atoms. The zero-order chi connectivity index (χ0) is 17.8. The highest BCUT2D eigenvalue weighted by Gasteiger charge is 2.11. The molecule has 0 atom stereocenters. The van der Waals surface area contributed by atoms with Crippen molar-refractivity contribution in [2.75, 3.05) is 7.11 Å². The molecule has 3 aromatic rings. The standard InChI is InChI=1S/C19H16FNO4/c1-24-16-7-4-13-8-14(19(23)25-17(13)10-16)9-18(22)21-11-12-2-5-15(20)6-3-12/h2-8,10H,9,11H2,1H3,(H,21,22). The summed E-state index contributed by atoms with van der Waals surface area (Å²) in [7, 11) is 1.53. The first-order chi connectivity index (χ1) is 12.0. The SMILES string of the molecule is COc1ccc2cc(CC(=O)NCc3ccc(F)cc3)c(=O)oc2c1. The Morgan fingerprint density at radius 3 is 2.64 bits per heavy atom. The van der Waals surface area contributed by atoms with Gasteiger partial charge in [-0.3, -0.25) is 4.79 Å². The summed E-state index contributed by atoms with van der Waals surface area (Å²) in [4.78, 5) is 24.1. The van der Waals surface area contributed by atoms with E-state index in [1.54, 1.807) is 36.4 Å². The number of fused-ring (bicyclic) bond motifs is 1. The van der Waals surface area contributed by atoms with E-state index in [0.29, 0.717) is 16.7 Å². The summed E-state index contributed by atoms with van der Waals surface area (Å²) >= 11 is 0. The number of rotatable bonds is 5. The molecular weight excluding hydrogens is 325 g/mol. The Morgan fingerprint density at radius 1 is 1.16 bits per heavy atom. The van der Waals surface area contributed by atoms with Gasteiger partial charge in [0.25, 0.3) is 0 Å². The Balaban J connectivity index is 1.71. The first kappa shape index (κ1) is 16.7. The molecule has 1 amide bonds. The Kier molecular flexibility index (Phi) is 4.79. The minimum Gasteiger partial charge on any atom is -0.497 e. The summed E-state index contributed by atoms with van der Waals surface area (Å²) in [6.45, 7) is 0.259. The van der Waals surface area contributed by atoms with Gasteiger partial charge in [0.15, 0.2) is 0 Å². The Hall–Kier alpha value is -3.15. The average molecular weight is 341 g/mol. The van der Waals surface area contributed by atoms with Crippen LogP contribution in [0.2, 0.25) is 0 Å². The maximum Gasteiger partial charge on any atom is 0.339 e. The fourth-order valence-corrected chi connectivity index (χ4v) is 2.42. The lowest BCUT2D eigenvalue weighted by atomic mass is 10.1. The van der Waals surface area contributed by atoms with Gasteiger partial charge in [0.1, 0.15) is 17.1 Å². The van der Waals surface area contributed by atoms with E-state index < -0.39 is 5.63 Å². The summed E-state index contributed by atoms with van der Waals surface area (Å²) in [5.41, 5.74) is 0.888. The average Bonchev–Trinajstić information content (AvgIpc) is 2.61. The molecule has 0 aliphatic carbocycles. The van der Waals surface area contributed by atoms with Crippen molar-refractivity contribution in [3.8, 4) is 5.75 Å². The molecule has 2 aromatic carbocycles. The second-order valence-corrected chi connectivity index (χ2v) is 5.54. The number of halogens is 1. The van der Waals surface area contributed by atoms with Gasteiger partial charge in [-0.25, -0.2) is 9.18 Å².